The fourth-order valence-electron chi connectivity index (χ4n) is 1.66. The first-order valence-electron chi connectivity index (χ1n) is 5.89. The molecule has 92 valence electrons. The maximum atomic E-state index is 4.38. The average Bonchev–Trinajstić information content (AvgIpc) is 2.66. The predicted molar refractivity (Wildman–Crippen MR) is 72.5 cm³/mol. The number of nitrogens with zero attached hydrogens (tertiary/aromatic N) is 1. The van der Waals surface area contributed by atoms with Crippen LogP contribution in [0, 0.1) is 6.92 Å². The largest absolute Gasteiger partial charge is 0.383 e. The van der Waals surface area contributed by atoms with Gasteiger partial charge in [-0.05, 0) is 46.0 Å². The van der Waals surface area contributed by atoms with Crippen molar-refractivity contribution in [3.8, 4) is 0 Å². The maximum absolute atomic E-state index is 4.38. The van der Waals surface area contributed by atoms with Crippen molar-refractivity contribution in [1.82, 2.24) is 15.3 Å². The van der Waals surface area contributed by atoms with E-state index in [4.69, 9.17) is 0 Å². The average molecular weight is 232 g/mol. The highest BCUT2D eigenvalue weighted by Crippen LogP contribution is 2.17. The van der Waals surface area contributed by atoms with Crippen LogP contribution in [0.4, 0.5) is 5.69 Å². The van der Waals surface area contributed by atoms with Crippen LogP contribution in [0.25, 0.3) is 11.0 Å². The molecule has 1 aromatic heterocycles. The van der Waals surface area contributed by atoms with Crippen LogP contribution in [0.5, 0.6) is 0 Å². The van der Waals surface area contributed by atoms with E-state index in [-0.39, 0.29) is 5.54 Å². The van der Waals surface area contributed by atoms with Crippen molar-refractivity contribution in [2.45, 2.75) is 26.3 Å². The van der Waals surface area contributed by atoms with Crippen LogP contribution < -0.4 is 10.6 Å². The van der Waals surface area contributed by atoms with Gasteiger partial charge in [-0.15, -0.1) is 0 Å². The minimum absolute atomic E-state index is 0.0822. The first kappa shape index (κ1) is 11.9. The summed E-state index contributed by atoms with van der Waals surface area (Å²) in [6, 6.07) is 6.20. The summed E-state index contributed by atoms with van der Waals surface area (Å²) in [5.41, 5.74) is 3.29. The molecule has 17 heavy (non-hydrogen) atoms. The second-order valence-corrected chi connectivity index (χ2v) is 5.04. The Morgan fingerprint density at radius 3 is 2.82 bits per heavy atom. The lowest BCUT2D eigenvalue weighted by Gasteiger charge is -2.24. The molecule has 0 aliphatic heterocycles. The van der Waals surface area contributed by atoms with Gasteiger partial charge in [-0.2, -0.15) is 0 Å². The Morgan fingerprint density at radius 2 is 2.12 bits per heavy atom. The number of benzene rings is 1. The quantitative estimate of drug-likeness (QED) is 0.758. The maximum Gasteiger partial charge on any atom is 0.104 e. The summed E-state index contributed by atoms with van der Waals surface area (Å²) < 4.78 is 0. The van der Waals surface area contributed by atoms with Crippen molar-refractivity contribution < 1.29 is 0 Å². The third-order valence-electron chi connectivity index (χ3n) is 3.01. The number of aromatic amines is 1. The smallest absolute Gasteiger partial charge is 0.104 e. The molecule has 0 saturated carbocycles. The second-order valence-electron chi connectivity index (χ2n) is 5.04. The zero-order valence-electron chi connectivity index (χ0n) is 10.9. The molecule has 0 radical (unpaired) electrons. The summed E-state index contributed by atoms with van der Waals surface area (Å²) in [5, 5.41) is 6.70. The Kier molecular flexibility index (Phi) is 3.07. The van der Waals surface area contributed by atoms with Gasteiger partial charge in [0, 0.05) is 17.8 Å². The number of H-pyrrole nitrogens is 1. The Balaban J connectivity index is 2.14. The lowest BCUT2D eigenvalue weighted by molar-refractivity contribution is 0.448. The van der Waals surface area contributed by atoms with Crippen LogP contribution in [0.1, 0.15) is 19.7 Å². The van der Waals surface area contributed by atoms with E-state index in [0.29, 0.717) is 0 Å². The number of likely N-dealkylation sites (N-methyl/N-ethyl adjacent to an activating group) is 1. The highest BCUT2D eigenvalue weighted by atomic mass is 15.0. The molecule has 3 N–H and O–H groups in total. The number of nitrogens with one attached hydrogen (secondary N) is 3. The normalized spacial score (nSPS) is 12.0. The topological polar surface area (TPSA) is 52.7 Å². The molecule has 2 aromatic rings. The highest BCUT2D eigenvalue weighted by Gasteiger charge is 2.13. The van der Waals surface area contributed by atoms with Crippen molar-refractivity contribution in [2.75, 3.05) is 18.9 Å². The second kappa shape index (κ2) is 4.37. The number of hydrogen-bond acceptors (Lipinski definition) is 3. The van der Waals surface area contributed by atoms with Crippen LogP contribution in [-0.4, -0.2) is 29.1 Å². The Hall–Kier alpha value is -1.55. The lowest BCUT2D eigenvalue weighted by atomic mass is 10.1. The molecule has 4 nitrogen and oxygen atoms in total. The van der Waals surface area contributed by atoms with E-state index in [1.165, 1.54) is 0 Å². The summed E-state index contributed by atoms with van der Waals surface area (Å²) in [6.45, 7) is 7.18. The van der Waals surface area contributed by atoms with Gasteiger partial charge in [0.25, 0.3) is 0 Å². The van der Waals surface area contributed by atoms with Gasteiger partial charge in [-0.25, -0.2) is 4.98 Å². The van der Waals surface area contributed by atoms with Crippen molar-refractivity contribution in [3.63, 3.8) is 0 Å². The zero-order valence-corrected chi connectivity index (χ0v) is 10.9. The predicted octanol–water partition coefficient (Wildman–Crippen LogP) is 2.28. The Morgan fingerprint density at radius 1 is 1.35 bits per heavy atom. The molecular formula is C13H20N4. The SMILES string of the molecule is CNC(C)(C)CNc1ccc2nc(C)[nH]c2c1. The van der Waals surface area contributed by atoms with E-state index in [1.54, 1.807) is 0 Å². The molecule has 0 atom stereocenters. The number of anilines is 1. The molecular weight excluding hydrogens is 212 g/mol. The van der Waals surface area contributed by atoms with E-state index in [0.717, 1.165) is 29.1 Å². The van der Waals surface area contributed by atoms with Gasteiger partial charge < -0.3 is 15.6 Å². The van der Waals surface area contributed by atoms with E-state index in [2.05, 4.69) is 46.6 Å². The summed E-state index contributed by atoms with van der Waals surface area (Å²) in [5.74, 6) is 0.952. The first-order chi connectivity index (χ1) is 8.00. The number of aromatic nitrogens is 2. The molecule has 0 spiro atoms. The van der Waals surface area contributed by atoms with E-state index in [1.807, 2.05) is 20.0 Å². The molecule has 0 amide bonds. The van der Waals surface area contributed by atoms with Gasteiger partial charge in [-0.3, -0.25) is 0 Å². The number of imidazole rings is 1. The third kappa shape index (κ3) is 2.77. The van der Waals surface area contributed by atoms with Gasteiger partial charge in [0.15, 0.2) is 0 Å². The van der Waals surface area contributed by atoms with Crippen LogP contribution >= 0.6 is 0 Å². The van der Waals surface area contributed by atoms with E-state index >= 15 is 0 Å². The Labute approximate surface area is 102 Å². The molecule has 0 aliphatic rings. The molecule has 4 heteroatoms. The van der Waals surface area contributed by atoms with Gasteiger partial charge in [-0.1, -0.05) is 0 Å². The minimum Gasteiger partial charge on any atom is -0.383 e. The van der Waals surface area contributed by atoms with Gasteiger partial charge in [0.1, 0.15) is 5.82 Å². The first-order valence-corrected chi connectivity index (χ1v) is 5.89. The van der Waals surface area contributed by atoms with Gasteiger partial charge >= 0.3 is 0 Å². The number of hydrogen-bond donors (Lipinski definition) is 3. The summed E-state index contributed by atoms with van der Waals surface area (Å²) >= 11 is 0. The molecule has 0 saturated heterocycles. The van der Waals surface area contributed by atoms with E-state index in [9.17, 15) is 0 Å². The highest BCUT2D eigenvalue weighted by molar-refractivity contribution is 5.79. The van der Waals surface area contributed by atoms with Crippen LogP contribution in [0.2, 0.25) is 0 Å². The number of fused-ring (bicyclic) bond motifs is 1. The van der Waals surface area contributed by atoms with Crippen molar-refractivity contribution in [1.29, 1.82) is 0 Å². The van der Waals surface area contributed by atoms with Crippen molar-refractivity contribution >= 4 is 16.7 Å². The van der Waals surface area contributed by atoms with Gasteiger partial charge in [0.2, 0.25) is 0 Å². The zero-order chi connectivity index (χ0) is 12.5. The molecule has 0 unspecified atom stereocenters. The molecule has 1 aromatic carbocycles. The van der Waals surface area contributed by atoms with Gasteiger partial charge in [0.05, 0.1) is 11.0 Å². The minimum atomic E-state index is 0.0822. The van der Waals surface area contributed by atoms with Crippen LogP contribution in [0.15, 0.2) is 18.2 Å². The third-order valence-corrected chi connectivity index (χ3v) is 3.01. The molecule has 0 aliphatic carbocycles. The molecule has 1 heterocycles. The molecule has 0 bridgehead atoms. The van der Waals surface area contributed by atoms with Crippen LogP contribution in [0.3, 0.4) is 0 Å². The van der Waals surface area contributed by atoms with E-state index < -0.39 is 0 Å². The lowest BCUT2D eigenvalue weighted by Crippen LogP contribution is -2.42. The molecule has 0 fully saturated rings. The number of rotatable bonds is 4. The standard InChI is InChI=1S/C13H20N4/c1-9-16-11-6-5-10(7-12(11)17-9)15-8-13(2,3)14-4/h5-7,14-15H,8H2,1-4H3,(H,16,17). The fraction of sp³-hybridized carbons (Fsp3) is 0.462. The Bertz CT molecular complexity index is 513. The van der Waals surface area contributed by atoms with Crippen molar-refractivity contribution in [2.24, 2.45) is 0 Å². The summed E-state index contributed by atoms with van der Waals surface area (Å²) in [4.78, 5) is 7.63. The fourth-order valence-corrected chi connectivity index (χ4v) is 1.66. The monoisotopic (exact) mass is 232 g/mol. The summed E-state index contributed by atoms with van der Waals surface area (Å²) in [7, 11) is 1.98. The van der Waals surface area contributed by atoms with Crippen molar-refractivity contribution in [3.05, 3.63) is 24.0 Å². The molecule has 2 rings (SSSR count). The number of aryl methyl sites for hydroxylation is 1. The van der Waals surface area contributed by atoms with Crippen LogP contribution in [-0.2, 0) is 0 Å². The summed E-state index contributed by atoms with van der Waals surface area (Å²) in [6.07, 6.45) is 0.